The number of rotatable bonds is 13. The van der Waals surface area contributed by atoms with E-state index in [9.17, 15) is 19.5 Å². The Morgan fingerprint density at radius 3 is 2.37 bits per heavy atom. The normalized spacial score (nSPS) is 15.6. The molecule has 266 valence electrons. The average molecular weight is 702 g/mol. The number of hydrogen-bond acceptors (Lipinski definition) is 12. The Morgan fingerprint density at radius 1 is 1.06 bits per heavy atom. The lowest BCUT2D eigenvalue weighted by Gasteiger charge is -2.37. The van der Waals surface area contributed by atoms with Crippen LogP contribution in [0.15, 0.2) is 47.2 Å². The van der Waals surface area contributed by atoms with Crippen LogP contribution in [0.4, 0.5) is 9.93 Å². The number of ether oxygens (including phenoxy) is 4. The fraction of sp³-hybridized carbons (Fsp3) is 0.515. The molecule has 0 spiro atoms. The molecule has 15 nitrogen and oxygen atoms in total. The zero-order valence-corrected chi connectivity index (χ0v) is 29.7. The van der Waals surface area contributed by atoms with Crippen LogP contribution in [0.2, 0.25) is 0 Å². The van der Waals surface area contributed by atoms with Crippen molar-refractivity contribution in [2.75, 3.05) is 51.8 Å². The summed E-state index contributed by atoms with van der Waals surface area (Å²) < 4.78 is 24.9. The molecule has 1 unspecified atom stereocenters. The van der Waals surface area contributed by atoms with Gasteiger partial charge in [-0.05, 0) is 59.2 Å². The number of thiazole rings is 1. The lowest BCUT2D eigenvalue weighted by atomic mass is 10.1. The largest absolute Gasteiger partial charge is 0.489 e. The van der Waals surface area contributed by atoms with E-state index in [0.717, 1.165) is 66.3 Å². The van der Waals surface area contributed by atoms with E-state index in [1.54, 1.807) is 53.7 Å². The third-order valence-corrected chi connectivity index (χ3v) is 7.90. The van der Waals surface area contributed by atoms with E-state index < -0.39 is 41.0 Å². The maximum absolute atomic E-state index is 13.0. The number of carboxylic acid groups (broad SMARTS) is 1. The maximum Gasteiger partial charge on any atom is 0.413 e. The zero-order chi connectivity index (χ0) is 35.8. The van der Waals surface area contributed by atoms with Gasteiger partial charge in [0.25, 0.3) is 6.10 Å². The van der Waals surface area contributed by atoms with E-state index in [-0.39, 0.29) is 17.4 Å². The second-order valence-electron chi connectivity index (χ2n) is 13.8. The highest BCUT2D eigenvalue weighted by molar-refractivity contribution is 7.14. The Balaban J connectivity index is 1.41. The predicted octanol–water partition coefficient (Wildman–Crippen LogP) is 4.43. The highest BCUT2D eigenvalue weighted by atomic mass is 32.1. The number of aromatic nitrogens is 3. The van der Waals surface area contributed by atoms with E-state index >= 15 is 0 Å². The molecule has 1 saturated heterocycles. The summed E-state index contributed by atoms with van der Waals surface area (Å²) in [6.07, 6.45) is 1.66. The van der Waals surface area contributed by atoms with Crippen LogP contribution in [0.25, 0.3) is 11.1 Å². The summed E-state index contributed by atoms with van der Waals surface area (Å²) in [4.78, 5) is 46.7. The fourth-order valence-corrected chi connectivity index (χ4v) is 5.23. The Morgan fingerprint density at radius 2 is 1.73 bits per heavy atom. The van der Waals surface area contributed by atoms with Crippen molar-refractivity contribution in [1.82, 2.24) is 14.8 Å². The first-order valence-corrected chi connectivity index (χ1v) is 16.7. The monoisotopic (exact) mass is 701 g/mol. The molecule has 0 aliphatic carbocycles. The highest BCUT2D eigenvalue weighted by Crippen LogP contribution is 2.23. The number of nitrogens with zero attached hydrogens (tertiary/aromatic N) is 5. The number of carbonyl (C=O) groups excluding carboxylic acids is 2. The van der Waals surface area contributed by atoms with Gasteiger partial charge < -0.3 is 33.4 Å². The van der Waals surface area contributed by atoms with Crippen molar-refractivity contribution < 1.29 is 47.8 Å². The van der Waals surface area contributed by atoms with Crippen molar-refractivity contribution in [2.24, 2.45) is 5.16 Å². The SMILES string of the molecule is CC(C)(C)OC(=O)Nc1nc(C(=NOC(COc2ccc(-c3cnn(CC[N+]4(C)CCOCC4)c3)cc2)C(=O)OC(C)(C)C)C(=O)O)cs1. The van der Waals surface area contributed by atoms with Crippen molar-refractivity contribution in [2.45, 2.75) is 65.4 Å². The number of aliphatic carboxylic acids is 1. The molecule has 4 rings (SSSR count). The molecule has 1 aliphatic rings. The van der Waals surface area contributed by atoms with Crippen LogP contribution in [0, 0.1) is 0 Å². The van der Waals surface area contributed by atoms with Gasteiger partial charge in [-0.2, -0.15) is 5.10 Å². The van der Waals surface area contributed by atoms with Gasteiger partial charge in [0.2, 0.25) is 5.71 Å². The molecule has 3 heterocycles. The molecule has 2 aromatic heterocycles. The third kappa shape index (κ3) is 11.8. The topological polar surface area (TPSA) is 173 Å². The molecule has 1 aliphatic heterocycles. The molecule has 16 heteroatoms. The number of anilines is 1. The van der Waals surface area contributed by atoms with E-state index in [1.165, 1.54) is 5.38 Å². The lowest BCUT2D eigenvalue weighted by Crippen LogP contribution is -2.53. The number of likely N-dealkylation sites (N-methyl/N-ethyl adjacent to an activating group) is 1. The Hall–Kier alpha value is -4.54. The number of nitrogens with one attached hydrogen (secondary N) is 1. The number of carboxylic acids is 1. The van der Waals surface area contributed by atoms with Crippen LogP contribution < -0.4 is 10.1 Å². The molecule has 1 atom stereocenters. The van der Waals surface area contributed by atoms with E-state index in [4.69, 9.17) is 23.8 Å². The minimum atomic E-state index is -1.46. The minimum Gasteiger partial charge on any atom is -0.489 e. The second-order valence-corrected chi connectivity index (χ2v) is 14.6. The average Bonchev–Trinajstić information content (AvgIpc) is 3.66. The van der Waals surface area contributed by atoms with Gasteiger partial charge in [-0.3, -0.25) is 10.00 Å². The Kier molecular flexibility index (Phi) is 12.0. The molecule has 3 aromatic rings. The first-order chi connectivity index (χ1) is 23.0. The predicted molar refractivity (Wildman–Crippen MR) is 182 cm³/mol. The number of carbonyl (C=O) groups is 3. The van der Waals surface area contributed by atoms with Crippen LogP contribution in [0.1, 0.15) is 47.2 Å². The van der Waals surface area contributed by atoms with E-state index in [0.29, 0.717) is 5.75 Å². The molecule has 2 N–H and O–H groups in total. The molecule has 1 fully saturated rings. The summed E-state index contributed by atoms with van der Waals surface area (Å²) in [6, 6.07) is 7.25. The molecule has 0 saturated carbocycles. The highest BCUT2D eigenvalue weighted by Gasteiger charge is 2.30. The Labute approximate surface area is 289 Å². The van der Waals surface area contributed by atoms with Gasteiger partial charge >= 0.3 is 18.0 Å². The summed E-state index contributed by atoms with van der Waals surface area (Å²) in [7, 11) is 2.24. The maximum atomic E-state index is 13.0. The first kappa shape index (κ1) is 37.3. The van der Waals surface area contributed by atoms with Crippen LogP contribution in [-0.4, -0.2) is 112 Å². The number of esters is 1. The second kappa shape index (κ2) is 15.8. The summed E-state index contributed by atoms with van der Waals surface area (Å²) in [5.41, 5.74) is -0.392. The van der Waals surface area contributed by atoms with Gasteiger partial charge in [-0.1, -0.05) is 17.3 Å². The molecule has 49 heavy (non-hydrogen) atoms. The molecular weight excluding hydrogens is 656 g/mol. The Bertz CT molecular complexity index is 1620. The lowest BCUT2D eigenvalue weighted by molar-refractivity contribution is -0.917. The van der Waals surface area contributed by atoms with Crippen molar-refractivity contribution in [3.8, 4) is 16.9 Å². The van der Waals surface area contributed by atoms with Crippen molar-refractivity contribution in [3.05, 3.63) is 47.7 Å². The smallest absolute Gasteiger partial charge is 0.413 e. The number of hydrogen-bond donors (Lipinski definition) is 2. The van der Waals surface area contributed by atoms with Crippen LogP contribution >= 0.6 is 11.3 Å². The summed E-state index contributed by atoms with van der Waals surface area (Å²) in [6.45, 7) is 15.2. The summed E-state index contributed by atoms with van der Waals surface area (Å²) >= 11 is 0.965. The van der Waals surface area contributed by atoms with Gasteiger partial charge in [-0.15, -0.1) is 11.3 Å². The van der Waals surface area contributed by atoms with Crippen molar-refractivity contribution >= 4 is 40.2 Å². The molecule has 1 amide bonds. The zero-order valence-electron chi connectivity index (χ0n) is 28.9. The van der Waals surface area contributed by atoms with Crippen LogP contribution in [-0.2, 0) is 35.2 Å². The number of amides is 1. The molecule has 0 radical (unpaired) electrons. The third-order valence-electron chi connectivity index (χ3n) is 7.14. The number of quaternary nitrogens is 1. The molecule has 1 aromatic carbocycles. The van der Waals surface area contributed by atoms with Gasteiger partial charge in [0, 0.05) is 17.1 Å². The standard InChI is InChI=1S/C33H44N6O9S/c1-32(2,3)46-29(42)26(48-37-27(28(40)41)25-21-49-30(35-25)36-31(43)47-33(4,5)6)20-45-24-10-8-22(9-11-24)23-18-34-38(19-23)12-13-39(7)14-16-44-17-15-39/h8-11,18-19,21,26H,12-17,20H2,1-7H3,(H-,35,36,40,41,43)/p+1. The first-order valence-electron chi connectivity index (χ1n) is 15.8. The number of morpholine rings is 1. The van der Waals surface area contributed by atoms with Crippen LogP contribution in [0.3, 0.4) is 0 Å². The summed E-state index contributed by atoms with van der Waals surface area (Å²) in [5, 5.41) is 22.0. The van der Waals surface area contributed by atoms with E-state index in [2.05, 4.69) is 27.6 Å². The van der Waals surface area contributed by atoms with Crippen molar-refractivity contribution in [1.29, 1.82) is 0 Å². The molecule has 0 bridgehead atoms. The quantitative estimate of drug-likeness (QED) is 0.112. The fourth-order valence-electron chi connectivity index (χ4n) is 4.55. The van der Waals surface area contributed by atoms with Gasteiger partial charge in [0.05, 0.1) is 39.5 Å². The minimum absolute atomic E-state index is 0.0876. The number of oxime groups is 1. The van der Waals surface area contributed by atoms with Crippen molar-refractivity contribution in [3.63, 3.8) is 0 Å². The van der Waals surface area contributed by atoms with E-state index in [1.807, 2.05) is 29.2 Å². The molecular formula is C33H45N6O9S+. The summed E-state index contributed by atoms with van der Waals surface area (Å²) in [5.74, 6) is -1.82. The van der Waals surface area contributed by atoms with Gasteiger partial charge in [-0.25, -0.2) is 19.4 Å². The van der Waals surface area contributed by atoms with Gasteiger partial charge in [0.1, 0.15) is 42.3 Å². The number of benzene rings is 1. The van der Waals surface area contributed by atoms with Crippen LogP contribution in [0.5, 0.6) is 5.75 Å². The van der Waals surface area contributed by atoms with Gasteiger partial charge in [0.15, 0.2) is 5.13 Å².